The molecule has 0 unspecified atom stereocenters. The Morgan fingerprint density at radius 2 is 2.30 bits per heavy atom. The van der Waals surface area contributed by atoms with E-state index in [1.807, 2.05) is 0 Å². The quantitative estimate of drug-likeness (QED) is 0.309. The topological polar surface area (TPSA) is 131 Å². The Morgan fingerprint density at radius 3 is 2.80 bits per heavy atom. The van der Waals surface area contributed by atoms with Gasteiger partial charge < -0.3 is 0 Å². The number of nitrogens with two attached hydrogens (primary N) is 1. The minimum absolute atomic E-state index is 0.0256. The van der Waals surface area contributed by atoms with Gasteiger partial charge in [-0.15, -0.1) is 0 Å². The molecule has 1 fully saturated rings. The van der Waals surface area contributed by atoms with Crippen LogP contribution in [0.5, 0.6) is 0 Å². The van der Waals surface area contributed by atoms with E-state index < -0.39 is 69.0 Å². The van der Waals surface area contributed by atoms with Crippen molar-refractivity contribution in [2.75, 3.05) is 5.73 Å². The molecule has 9 heteroatoms. The average molecular weight is 405 g/mol. The molecule has 8 nitrogen and oxygen atoms in total. The summed E-state index contributed by atoms with van der Waals surface area (Å²) in [5, 5.41) is 20.1. The average Bonchev–Trinajstić information content (AvgIpc) is 2.65. The van der Waals surface area contributed by atoms with Crippen LogP contribution in [0.4, 0.5) is 5.82 Å². The van der Waals surface area contributed by atoms with E-state index in [0.29, 0.717) is 0 Å². The van der Waals surface area contributed by atoms with Crippen LogP contribution in [0.2, 0.25) is 0 Å². The van der Waals surface area contributed by atoms with Gasteiger partial charge in [-0.3, -0.25) is 0 Å². The van der Waals surface area contributed by atoms with Gasteiger partial charge in [0.05, 0.1) is 0 Å². The number of ether oxygens (including phenoxy) is 1. The van der Waals surface area contributed by atoms with Gasteiger partial charge in [0, 0.05) is 0 Å². The molecule has 0 aliphatic carbocycles. The summed E-state index contributed by atoms with van der Waals surface area (Å²) in [6.45, 7) is 1.51. The molecule has 4 atom stereocenters. The summed E-state index contributed by atoms with van der Waals surface area (Å²) in [5.41, 5.74) is 2.91. The second-order valence-electron chi connectivity index (χ2n) is 4.35. The molecule has 5 N–H and O–H groups in total. The Kier molecular flexibility index (Phi) is 4.96. The van der Waals surface area contributed by atoms with Gasteiger partial charge in [-0.2, -0.15) is 0 Å². The van der Waals surface area contributed by atoms with E-state index in [-0.39, 0.29) is 5.82 Å². The molecular weight excluding hydrogens is 391 g/mol. The number of nitrogen functional groups attached to an aromatic ring is 1. The van der Waals surface area contributed by atoms with Crippen LogP contribution in [0.25, 0.3) is 0 Å². The van der Waals surface area contributed by atoms with Crippen LogP contribution in [0.1, 0.15) is 6.92 Å². The van der Waals surface area contributed by atoms with E-state index >= 15 is 0 Å². The summed E-state index contributed by atoms with van der Waals surface area (Å²) in [5.74, 6) is 5.19. The Labute approximate surface area is 140 Å². The first-order chi connectivity index (χ1) is 9.46. The maximum atomic E-state index is 11.9. The number of hydrogen-bond donors (Lipinski definition) is 4. The SMILES string of the molecule is CC#C[C@@]1(n2ccc(N)nc2=O)O[C@H]([Ba][OH])[C@@H](O)[C@H]1O. The van der Waals surface area contributed by atoms with Gasteiger partial charge in [0.15, 0.2) is 0 Å². The number of nitrogens with zero attached hydrogens (tertiary/aromatic N) is 2. The van der Waals surface area contributed by atoms with Gasteiger partial charge in [0.1, 0.15) is 0 Å². The van der Waals surface area contributed by atoms with Gasteiger partial charge in [0.2, 0.25) is 0 Å². The van der Waals surface area contributed by atoms with E-state index in [1.54, 1.807) is 0 Å². The summed E-state index contributed by atoms with van der Waals surface area (Å²) in [4.78, 5) is 15.5. The van der Waals surface area contributed by atoms with Crippen LogP contribution in [-0.4, -0.2) is 77.8 Å². The van der Waals surface area contributed by atoms with Crippen LogP contribution < -0.4 is 11.4 Å². The molecule has 1 saturated heterocycles. The molecule has 2 heterocycles. The second-order valence-corrected chi connectivity index (χ2v) is 8.02. The molecule has 2 rings (SSSR count). The molecule has 104 valence electrons. The van der Waals surface area contributed by atoms with Crippen LogP contribution in [0, 0.1) is 11.8 Å². The number of hydrogen-bond acceptors (Lipinski definition) is 7. The summed E-state index contributed by atoms with van der Waals surface area (Å²) >= 11 is -2.50. The van der Waals surface area contributed by atoms with Crippen molar-refractivity contribution in [1.29, 1.82) is 0 Å². The van der Waals surface area contributed by atoms with E-state index in [2.05, 4.69) is 16.8 Å². The molecule has 0 amide bonds. The van der Waals surface area contributed by atoms with E-state index in [0.717, 1.165) is 4.57 Å². The number of rotatable bonds is 2. The van der Waals surface area contributed by atoms with E-state index in [1.165, 1.54) is 19.2 Å². The molecule has 0 bridgehead atoms. The Hall–Kier alpha value is -0.349. The van der Waals surface area contributed by atoms with Gasteiger partial charge >= 0.3 is 141 Å². The first kappa shape index (κ1) is 16.0. The minimum atomic E-state index is -2.50. The van der Waals surface area contributed by atoms with Crippen molar-refractivity contribution < 1.29 is 15.4 Å². The molecule has 0 aromatic carbocycles. The fourth-order valence-corrected chi connectivity index (χ4v) is 4.68. The van der Waals surface area contributed by atoms with Gasteiger partial charge in [-0.25, -0.2) is 0 Å². The van der Waals surface area contributed by atoms with Crippen LogP contribution in [-0.2, 0) is 10.5 Å². The Balaban J connectivity index is 2.61. The predicted molar refractivity (Wildman–Crippen MR) is 69.2 cm³/mol. The van der Waals surface area contributed by atoms with Crippen molar-refractivity contribution in [3.63, 3.8) is 0 Å². The van der Waals surface area contributed by atoms with Crippen LogP contribution in [0.3, 0.4) is 0 Å². The zero-order chi connectivity index (χ0) is 14.9. The summed E-state index contributed by atoms with van der Waals surface area (Å²) in [6, 6.07) is 1.36. The van der Waals surface area contributed by atoms with Gasteiger partial charge in [0.25, 0.3) is 0 Å². The van der Waals surface area contributed by atoms with E-state index in [4.69, 9.17) is 10.5 Å². The summed E-state index contributed by atoms with van der Waals surface area (Å²) in [6.07, 6.45) is -1.45. The first-order valence-electron chi connectivity index (χ1n) is 5.90. The molecular formula is C11H13BaN3O5. The molecule has 0 radical (unpaired) electrons. The fourth-order valence-electron chi connectivity index (χ4n) is 2.16. The summed E-state index contributed by atoms with van der Waals surface area (Å²) < 4.78 is 15.0. The molecule has 1 aromatic rings. The fraction of sp³-hybridized carbons (Fsp3) is 0.455. The van der Waals surface area contributed by atoms with E-state index in [9.17, 15) is 15.4 Å². The third-order valence-electron chi connectivity index (χ3n) is 3.10. The first-order valence-corrected chi connectivity index (χ1v) is 10.5. The molecule has 0 spiro atoms. The van der Waals surface area contributed by atoms with Gasteiger partial charge in [-0.1, -0.05) is 0 Å². The Bertz CT molecular complexity index is 624. The second kappa shape index (κ2) is 6.19. The van der Waals surface area contributed by atoms with Crippen molar-refractivity contribution in [1.82, 2.24) is 9.55 Å². The predicted octanol–water partition coefficient (Wildman–Crippen LogP) is -2.81. The molecule has 0 saturated carbocycles. The number of aliphatic hydroxyl groups is 2. The van der Waals surface area contributed by atoms with Crippen molar-refractivity contribution in [2.45, 2.75) is 25.4 Å². The zero-order valence-electron chi connectivity index (χ0n) is 10.7. The maximum absolute atomic E-state index is 11.9. The van der Waals surface area contributed by atoms with Gasteiger partial charge in [-0.05, 0) is 0 Å². The number of anilines is 1. The Morgan fingerprint density at radius 1 is 1.60 bits per heavy atom. The molecule has 1 aliphatic heterocycles. The monoisotopic (exact) mass is 405 g/mol. The number of aromatic nitrogens is 2. The van der Waals surface area contributed by atoms with Crippen LogP contribution >= 0.6 is 0 Å². The molecule has 1 aliphatic rings. The molecule has 20 heavy (non-hydrogen) atoms. The van der Waals surface area contributed by atoms with Crippen molar-refractivity contribution in [2.24, 2.45) is 0 Å². The summed E-state index contributed by atoms with van der Waals surface area (Å²) in [7, 11) is 0. The third kappa shape index (κ3) is 2.57. The van der Waals surface area contributed by atoms with Crippen LogP contribution in [0.15, 0.2) is 17.1 Å². The zero-order valence-corrected chi connectivity index (χ0v) is 15.2. The van der Waals surface area contributed by atoms with Crippen molar-refractivity contribution in [3.8, 4) is 11.8 Å². The molecule has 1 aromatic heterocycles. The third-order valence-corrected chi connectivity index (χ3v) is 6.27. The van der Waals surface area contributed by atoms with Crippen molar-refractivity contribution >= 4 is 50.7 Å². The normalized spacial score (nSPS) is 32.3. The number of aliphatic hydroxyl groups excluding tert-OH is 2. The standard InChI is InChI=1S/C11H12N3O4.Ba.H2O/c1-2-4-11(9(16)7(15)6-18-11)14-5-3-8(12)13-10(14)17;;/h3,5-7,9,15-16H,1H3,(H2,12,13,17);;1H2/q;+1;/p-1/t7-,9-,11-;;/m1../s1. The van der Waals surface area contributed by atoms with Crippen molar-refractivity contribution in [3.05, 3.63) is 22.7 Å².